The largest absolute Gasteiger partial charge is 0.333 e. The third-order valence-corrected chi connectivity index (χ3v) is 4.80. The fraction of sp³-hybridized carbons (Fsp3) is 0.579. The van der Waals surface area contributed by atoms with Crippen molar-refractivity contribution in [1.29, 1.82) is 0 Å². The molecule has 1 saturated heterocycles. The number of rotatable bonds is 0. The van der Waals surface area contributed by atoms with Gasteiger partial charge in [-0.25, -0.2) is 4.79 Å². The van der Waals surface area contributed by atoms with Crippen molar-refractivity contribution >= 4 is 11.9 Å². The van der Waals surface area contributed by atoms with E-state index >= 15 is 0 Å². The minimum absolute atomic E-state index is 0.0258. The number of nitrogens with one attached hydrogen (secondary N) is 1. The van der Waals surface area contributed by atoms with Crippen LogP contribution in [-0.2, 0) is 10.2 Å². The van der Waals surface area contributed by atoms with E-state index in [9.17, 15) is 9.59 Å². The Hall–Kier alpha value is -2.04. The minimum Gasteiger partial charge on any atom is -0.333 e. The van der Waals surface area contributed by atoms with E-state index in [1.165, 1.54) is 5.56 Å². The van der Waals surface area contributed by atoms with Crippen LogP contribution in [0.4, 0.5) is 4.79 Å². The number of urea groups is 1. The molecule has 0 aliphatic carbocycles. The van der Waals surface area contributed by atoms with Crippen LogP contribution in [0, 0.1) is 0 Å². The molecule has 0 radical (unpaired) electrons. The molecule has 0 spiro atoms. The monoisotopic (exact) mass is 329 g/mol. The van der Waals surface area contributed by atoms with Gasteiger partial charge in [0.15, 0.2) is 0 Å². The Kier molecular flexibility index (Phi) is 3.85. The molecule has 3 amide bonds. The predicted molar refractivity (Wildman–Crippen MR) is 93.8 cm³/mol. The summed E-state index contributed by atoms with van der Waals surface area (Å²) in [7, 11) is 0. The lowest BCUT2D eigenvalue weighted by Gasteiger charge is -2.49. The van der Waals surface area contributed by atoms with E-state index in [0.29, 0.717) is 13.1 Å². The molecule has 130 valence electrons. The smallest absolute Gasteiger partial charge is 0.318 e. The first-order valence-electron chi connectivity index (χ1n) is 8.54. The molecule has 1 aromatic carbocycles. The number of carbonyl (C=O) groups is 2. The normalized spacial score (nSPS) is 22.7. The summed E-state index contributed by atoms with van der Waals surface area (Å²) in [6.45, 7) is 11.6. The quantitative estimate of drug-likeness (QED) is 0.795. The molecule has 2 aliphatic rings. The third-order valence-electron chi connectivity index (χ3n) is 4.80. The molecule has 1 atom stereocenters. The molecule has 3 rings (SSSR count). The summed E-state index contributed by atoms with van der Waals surface area (Å²) in [5.41, 5.74) is 2.05. The molecule has 1 aromatic rings. The van der Waals surface area contributed by atoms with E-state index in [-0.39, 0.29) is 35.5 Å². The van der Waals surface area contributed by atoms with Crippen LogP contribution in [0.2, 0.25) is 0 Å². The molecule has 2 heterocycles. The summed E-state index contributed by atoms with van der Waals surface area (Å²) < 4.78 is 0. The topological polar surface area (TPSA) is 52.7 Å². The van der Waals surface area contributed by atoms with Crippen LogP contribution in [0.5, 0.6) is 0 Å². The van der Waals surface area contributed by atoms with Gasteiger partial charge in [0.1, 0.15) is 6.54 Å². The second kappa shape index (κ2) is 5.50. The highest BCUT2D eigenvalue weighted by Gasteiger charge is 2.44. The van der Waals surface area contributed by atoms with Crippen molar-refractivity contribution in [2.45, 2.75) is 51.6 Å². The maximum Gasteiger partial charge on any atom is 0.318 e. The van der Waals surface area contributed by atoms with Gasteiger partial charge in [0, 0.05) is 24.0 Å². The molecule has 1 N–H and O–H groups in total. The summed E-state index contributed by atoms with van der Waals surface area (Å²) in [5.74, 6) is 0.0258. The molecule has 5 heteroatoms. The van der Waals surface area contributed by atoms with Crippen LogP contribution in [0.1, 0.15) is 51.8 Å². The zero-order chi connectivity index (χ0) is 17.7. The Morgan fingerprint density at radius 1 is 1.25 bits per heavy atom. The lowest BCUT2D eigenvalue weighted by Crippen LogP contribution is -2.61. The maximum absolute atomic E-state index is 12.7. The number of amides is 3. The Balaban J connectivity index is 1.91. The van der Waals surface area contributed by atoms with Crippen molar-refractivity contribution in [3.63, 3.8) is 0 Å². The number of fused-ring (bicyclic) bond motifs is 3. The zero-order valence-electron chi connectivity index (χ0n) is 15.2. The van der Waals surface area contributed by atoms with Gasteiger partial charge in [-0.3, -0.25) is 4.79 Å². The fourth-order valence-corrected chi connectivity index (χ4v) is 3.73. The first-order valence-corrected chi connectivity index (χ1v) is 8.54. The number of piperazine rings is 1. The van der Waals surface area contributed by atoms with Gasteiger partial charge < -0.3 is 15.1 Å². The van der Waals surface area contributed by atoms with E-state index in [1.54, 1.807) is 4.90 Å². The lowest BCUT2D eigenvalue weighted by atomic mass is 9.75. The molecule has 2 aliphatic heterocycles. The summed E-state index contributed by atoms with van der Waals surface area (Å²) in [5, 5.41) is 2.96. The van der Waals surface area contributed by atoms with Crippen molar-refractivity contribution in [2.75, 3.05) is 19.6 Å². The Labute approximate surface area is 144 Å². The van der Waals surface area contributed by atoms with Crippen molar-refractivity contribution in [1.82, 2.24) is 15.1 Å². The molecular formula is C19H27N3O2. The highest BCUT2D eigenvalue weighted by atomic mass is 16.2. The van der Waals surface area contributed by atoms with Crippen LogP contribution in [0.3, 0.4) is 0 Å². The number of benzene rings is 1. The van der Waals surface area contributed by atoms with Gasteiger partial charge in [-0.1, -0.05) is 38.1 Å². The maximum atomic E-state index is 12.7. The van der Waals surface area contributed by atoms with E-state index in [4.69, 9.17) is 0 Å². The van der Waals surface area contributed by atoms with E-state index in [2.05, 4.69) is 31.3 Å². The summed E-state index contributed by atoms with van der Waals surface area (Å²) in [6, 6.07) is 8.07. The van der Waals surface area contributed by atoms with Gasteiger partial charge in [-0.15, -0.1) is 0 Å². The van der Waals surface area contributed by atoms with Gasteiger partial charge in [0.25, 0.3) is 0 Å². The Morgan fingerprint density at radius 2 is 1.92 bits per heavy atom. The second-order valence-corrected chi connectivity index (χ2v) is 8.57. The van der Waals surface area contributed by atoms with Gasteiger partial charge in [-0.05, 0) is 31.9 Å². The molecule has 0 aromatic heterocycles. The standard InChI is InChI=1S/C19H27N3O2/c1-18(2,3)20-17(24)21-10-15-13-8-6-7-9-14(13)19(4,5)12-22(15)16(23)11-21/h6-9,15H,10-12H2,1-5H3,(H,20,24). The number of carbonyl (C=O) groups excluding carboxylic acids is 2. The first kappa shape index (κ1) is 16.8. The molecule has 0 bridgehead atoms. The van der Waals surface area contributed by atoms with Crippen LogP contribution in [-0.4, -0.2) is 46.9 Å². The summed E-state index contributed by atoms with van der Waals surface area (Å²) >= 11 is 0. The second-order valence-electron chi connectivity index (χ2n) is 8.57. The van der Waals surface area contributed by atoms with Crippen LogP contribution >= 0.6 is 0 Å². The van der Waals surface area contributed by atoms with Crippen molar-refractivity contribution in [3.8, 4) is 0 Å². The highest BCUT2D eigenvalue weighted by molar-refractivity contribution is 5.86. The van der Waals surface area contributed by atoms with E-state index < -0.39 is 0 Å². The number of nitrogens with zero attached hydrogens (tertiary/aromatic N) is 2. The number of hydrogen-bond donors (Lipinski definition) is 1. The van der Waals surface area contributed by atoms with Gasteiger partial charge in [0.2, 0.25) is 5.91 Å². The SMILES string of the molecule is CC(C)(C)NC(=O)N1CC(=O)N2CC(C)(C)c3ccccc3C2C1. The van der Waals surface area contributed by atoms with Gasteiger partial charge in [0.05, 0.1) is 6.04 Å². The van der Waals surface area contributed by atoms with E-state index in [1.807, 2.05) is 37.8 Å². The van der Waals surface area contributed by atoms with Crippen LogP contribution < -0.4 is 5.32 Å². The van der Waals surface area contributed by atoms with Gasteiger partial charge >= 0.3 is 6.03 Å². The zero-order valence-corrected chi connectivity index (χ0v) is 15.2. The molecule has 1 unspecified atom stereocenters. The summed E-state index contributed by atoms with van der Waals surface area (Å²) in [6.07, 6.45) is 0. The predicted octanol–water partition coefficient (Wildman–Crippen LogP) is 2.67. The lowest BCUT2D eigenvalue weighted by molar-refractivity contribution is -0.140. The highest BCUT2D eigenvalue weighted by Crippen LogP contribution is 2.41. The van der Waals surface area contributed by atoms with Crippen LogP contribution in [0.15, 0.2) is 24.3 Å². The molecule has 0 saturated carbocycles. The average molecular weight is 329 g/mol. The average Bonchev–Trinajstić information content (AvgIpc) is 2.46. The Morgan fingerprint density at radius 3 is 2.58 bits per heavy atom. The Bertz CT molecular complexity index is 675. The molecule has 5 nitrogen and oxygen atoms in total. The first-order chi connectivity index (χ1) is 11.1. The molecule has 24 heavy (non-hydrogen) atoms. The molecule has 1 fully saturated rings. The molecular weight excluding hydrogens is 302 g/mol. The van der Waals surface area contributed by atoms with Crippen LogP contribution in [0.25, 0.3) is 0 Å². The summed E-state index contributed by atoms with van der Waals surface area (Å²) in [4.78, 5) is 28.8. The van der Waals surface area contributed by atoms with Crippen molar-refractivity contribution < 1.29 is 9.59 Å². The minimum atomic E-state index is -0.316. The fourth-order valence-electron chi connectivity index (χ4n) is 3.73. The van der Waals surface area contributed by atoms with Crippen molar-refractivity contribution in [3.05, 3.63) is 35.4 Å². The number of hydrogen-bond acceptors (Lipinski definition) is 2. The third kappa shape index (κ3) is 2.99. The van der Waals surface area contributed by atoms with Crippen molar-refractivity contribution in [2.24, 2.45) is 0 Å². The van der Waals surface area contributed by atoms with E-state index in [0.717, 1.165) is 5.56 Å². The van der Waals surface area contributed by atoms with Gasteiger partial charge in [-0.2, -0.15) is 0 Å².